The third-order valence-corrected chi connectivity index (χ3v) is 3.95. The number of hydrogen-bond acceptors (Lipinski definition) is 1. The van der Waals surface area contributed by atoms with E-state index >= 15 is 0 Å². The van der Waals surface area contributed by atoms with Crippen LogP contribution in [0.5, 0.6) is 0 Å². The molecule has 0 radical (unpaired) electrons. The average Bonchev–Trinajstić information content (AvgIpc) is 2.61. The summed E-state index contributed by atoms with van der Waals surface area (Å²) in [5, 5.41) is -0.517. The number of hydrogen-bond donors (Lipinski definition) is 0. The van der Waals surface area contributed by atoms with E-state index in [4.69, 9.17) is 11.6 Å². The standard InChI is InChI=1S/C10H12ClF3S/c1-2-7-3-4-9(15-7)8(11)5-6-10(12,13)14/h3-4,8H,2,5-6H2,1H3. The van der Waals surface area contributed by atoms with Crippen molar-refractivity contribution in [1.82, 2.24) is 0 Å². The molecule has 0 bridgehead atoms. The average molecular weight is 257 g/mol. The van der Waals surface area contributed by atoms with E-state index in [9.17, 15) is 13.2 Å². The molecule has 0 amide bonds. The van der Waals surface area contributed by atoms with Gasteiger partial charge in [-0.25, -0.2) is 0 Å². The SMILES string of the molecule is CCc1ccc(C(Cl)CCC(F)(F)F)s1. The van der Waals surface area contributed by atoms with Gasteiger partial charge in [-0.15, -0.1) is 22.9 Å². The second-order valence-electron chi connectivity index (χ2n) is 3.28. The van der Waals surface area contributed by atoms with E-state index in [0.717, 1.165) is 16.2 Å². The Morgan fingerprint density at radius 2 is 2.07 bits per heavy atom. The molecule has 0 saturated carbocycles. The lowest BCUT2D eigenvalue weighted by atomic mass is 10.2. The van der Waals surface area contributed by atoms with Gasteiger partial charge in [0.15, 0.2) is 0 Å². The summed E-state index contributed by atoms with van der Waals surface area (Å²) in [6.45, 7) is 2.01. The molecule has 1 atom stereocenters. The number of aryl methyl sites for hydroxylation is 1. The lowest BCUT2D eigenvalue weighted by molar-refractivity contribution is -0.135. The normalized spacial score (nSPS) is 14.2. The minimum absolute atomic E-state index is 0.0469. The Balaban J connectivity index is 2.50. The maximum Gasteiger partial charge on any atom is 0.389 e. The van der Waals surface area contributed by atoms with Crippen LogP contribution >= 0.6 is 22.9 Å². The molecule has 0 aliphatic heterocycles. The Morgan fingerprint density at radius 3 is 2.53 bits per heavy atom. The highest BCUT2D eigenvalue weighted by atomic mass is 35.5. The molecule has 0 N–H and O–H groups in total. The molecule has 0 nitrogen and oxygen atoms in total. The first-order chi connectivity index (χ1) is 6.92. The zero-order valence-corrected chi connectivity index (χ0v) is 9.85. The van der Waals surface area contributed by atoms with Gasteiger partial charge in [-0.3, -0.25) is 0 Å². The summed E-state index contributed by atoms with van der Waals surface area (Å²) in [7, 11) is 0. The van der Waals surface area contributed by atoms with Crippen molar-refractivity contribution in [1.29, 1.82) is 0 Å². The van der Waals surface area contributed by atoms with Crippen LogP contribution in [-0.4, -0.2) is 6.18 Å². The minimum atomic E-state index is -4.11. The molecule has 0 saturated heterocycles. The van der Waals surface area contributed by atoms with E-state index in [0.29, 0.717) is 0 Å². The van der Waals surface area contributed by atoms with Gasteiger partial charge in [-0.05, 0) is 25.0 Å². The lowest BCUT2D eigenvalue weighted by Gasteiger charge is -2.09. The van der Waals surface area contributed by atoms with Crippen molar-refractivity contribution < 1.29 is 13.2 Å². The summed E-state index contributed by atoms with van der Waals surface area (Å²) in [5.41, 5.74) is 0. The Morgan fingerprint density at radius 1 is 1.40 bits per heavy atom. The summed E-state index contributed by atoms with van der Waals surface area (Å²) >= 11 is 7.39. The summed E-state index contributed by atoms with van der Waals surface area (Å²) in [4.78, 5) is 1.99. The van der Waals surface area contributed by atoms with Crippen molar-refractivity contribution in [3.63, 3.8) is 0 Å². The highest BCUT2D eigenvalue weighted by molar-refractivity contribution is 7.12. The molecule has 5 heteroatoms. The fraction of sp³-hybridized carbons (Fsp3) is 0.600. The Kier molecular flexibility index (Phi) is 4.46. The van der Waals surface area contributed by atoms with Crippen molar-refractivity contribution >= 4 is 22.9 Å². The summed E-state index contributed by atoms with van der Waals surface area (Å²) in [6, 6.07) is 3.74. The van der Waals surface area contributed by atoms with Crippen molar-refractivity contribution in [3.8, 4) is 0 Å². The van der Waals surface area contributed by atoms with Crippen molar-refractivity contribution in [2.75, 3.05) is 0 Å². The van der Waals surface area contributed by atoms with Gasteiger partial charge in [-0.1, -0.05) is 6.92 Å². The van der Waals surface area contributed by atoms with Crippen LogP contribution in [0.25, 0.3) is 0 Å². The van der Waals surface area contributed by atoms with Crippen LogP contribution in [0.3, 0.4) is 0 Å². The van der Waals surface area contributed by atoms with E-state index in [1.807, 2.05) is 19.1 Å². The van der Waals surface area contributed by atoms with Crippen molar-refractivity contribution in [3.05, 3.63) is 21.9 Å². The number of halogens is 4. The van der Waals surface area contributed by atoms with Gasteiger partial charge in [-0.2, -0.15) is 13.2 Å². The molecule has 0 aromatic carbocycles. The predicted octanol–water partition coefficient (Wildman–Crippen LogP) is 4.93. The Labute approximate surface area is 96.1 Å². The van der Waals surface area contributed by atoms with Crippen LogP contribution in [-0.2, 0) is 6.42 Å². The van der Waals surface area contributed by atoms with Gasteiger partial charge in [0.25, 0.3) is 0 Å². The molecule has 86 valence electrons. The molecule has 1 heterocycles. The monoisotopic (exact) mass is 256 g/mol. The van der Waals surface area contributed by atoms with Gasteiger partial charge in [0.05, 0.1) is 5.38 Å². The van der Waals surface area contributed by atoms with E-state index in [2.05, 4.69) is 0 Å². The zero-order chi connectivity index (χ0) is 11.5. The predicted molar refractivity (Wildman–Crippen MR) is 57.6 cm³/mol. The van der Waals surface area contributed by atoms with Crippen molar-refractivity contribution in [2.24, 2.45) is 0 Å². The first kappa shape index (κ1) is 12.8. The molecule has 0 aliphatic rings. The van der Waals surface area contributed by atoms with Gasteiger partial charge in [0.1, 0.15) is 0 Å². The van der Waals surface area contributed by atoms with Crippen LogP contribution in [0.4, 0.5) is 13.2 Å². The topological polar surface area (TPSA) is 0 Å². The molecule has 1 aromatic rings. The number of thiophene rings is 1. The van der Waals surface area contributed by atoms with Crippen LogP contribution < -0.4 is 0 Å². The van der Waals surface area contributed by atoms with E-state index in [1.165, 1.54) is 11.3 Å². The van der Waals surface area contributed by atoms with Crippen LogP contribution in [0.1, 0.15) is 34.9 Å². The molecule has 1 unspecified atom stereocenters. The number of alkyl halides is 4. The highest BCUT2D eigenvalue weighted by Gasteiger charge is 2.28. The van der Waals surface area contributed by atoms with E-state index in [1.54, 1.807) is 0 Å². The van der Waals surface area contributed by atoms with E-state index < -0.39 is 18.0 Å². The summed E-state index contributed by atoms with van der Waals surface area (Å²) in [6.07, 6.45) is -4.08. The maximum atomic E-state index is 11.9. The molecule has 1 aromatic heterocycles. The van der Waals surface area contributed by atoms with Gasteiger partial charge < -0.3 is 0 Å². The fourth-order valence-electron chi connectivity index (χ4n) is 1.19. The molecule has 1 rings (SSSR count). The lowest BCUT2D eigenvalue weighted by Crippen LogP contribution is -2.07. The quantitative estimate of drug-likeness (QED) is 0.670. The molecular weight excluding hydrogens is 245 g/mol. The fourth-order valence-corrected chi connectivity index (χ4v) is 2.47. The summed E-state index contributed by atoms with van der Waals surface area (Å²) < 4.78 is 35.8. The smallest absolute Gasteiger partial charge is 0.171 e. The summed E-state index contributed by atoms with van der Waals surface area (Å²) in [5.74, 6) is 0. The molecule has 0 aliphatic carbocycles. The Bertz CT molecular complexity index is 306. The van der Waals surface area contributed by atoms with Crippen LogP contribution in [0, 0.1) is 0 Å². The molecule has 0 fully saturated rings. The second kappa shape index (κ2) is 5.21. The van der Waals surface area contributed by atoms with Gasteiger partial charge >= 0.3 is 6.18 Å². The van der Waals surface area contributed by atoms with Gasteiger partial charge in [0.2, 0.25) is 0 Å². The first-order valence-electron chi connectivity index (χ1n) is 4.72. The molecule has 0 spiro atoms. The Hall–Kier alpha value is -0.220. The highest BCUT2D eigenvalue weighted by Crippen LogP contribution is 2.35. The second-order valence-corrected chi connectivity index (χ2v) is 5.01. The third-order valence-electron chi connectivity index (χ3n) is 2.02. The third kappa shape index (κ3) is 4.43. The first-order valence-corrected chi connectivity index (χ1v) is 5.97. The maximum absolute atomic E-state index is 11.9. The zero-order valence-electron chi connectivity index (χ0n) is 8.27. The molecular formula is C10H12ClF3S. The largest absolute Gasteiger partial charge is 0.389 e. The van der Waals surface area contributed by atoms with Crippen LogP contribution in [0.2, 0.25) is 0 Å². The number of rotatable bonds is 4. The van der Waals surface area contributed by atoms with E-state index in [-0.39, 0.29) is 6.42 Å². The molecule has 15 heavy (non-hydrogen) atoms. The van der Waals surface area contributed by atoms with Crippen molar-refractivity contribution in [2.45, 2.75) is 37.7 Å². The van der Waals surface area contributed by atoms with Gasteiger partial charge in [0, 0.05) is 16.2 Å². The minimum Gasteiger partial charge on any atom is -0.171 e. The van der Waals surface area contributed by atoms with Crippen LogP contribution in [0.15, 0.2) is 12.1 Å².